The number of ether oxygens (including phenoxy) is 4. The zero-order valence-electron chi connectivity index (χ0n) is 17.5. The Morgan fingerprint density at radius 3 is 2.57 bits per heavy atom. The number of anilines is 2. The van der Waals surface area contributed by atoms with E-state index < -0.39 is 0 Å². The lowest BCUT2D eigenvalue weighted by Gasteiger charge is -2.31. The van der Waals surface area contributed by atoms with Crippen LogP contribution in [0.4, 0.5) is 11.4 Å². The summed E-state index contributed by atoms with van der Waals surface area (Å²) < 4.78 is 22.8. The van der Waals surface area contributed by atoms with Crippen molar-refractivity contribution < 1.29 is 23.7 Å². The molecule has 1 fully saturated rings. The van der Waals surface area contributed by atoms with Crippen LogP contribution in [0.3, 0.4) is 0 Å². The Labute approximate surface area is 176 Å². The molecule has 0 saturated carbocycles. The van der Waals surface area contributed by atoms with Gasteiger partial charge in [-0.2, -0.15) is 0 Å². The Morgan fingerprint density at radius 2 is 1.80 bits per heavy atom. The Kier molecular flexibility index (Phi) is 6.28. The van der Waals surface area contributed by atoms with E-state index in [2.05, 4.69) is 10.2 Å². The average Bonchev–Trinajstić information content (AvgIpc) is 3.24. The van der Waals surface area contributed by atoms with Crippen molar-refractivity contribution in [2.75, 3.05) is 56.3 Å². The van der Waals surface area contributed by atoms with Crippen LogP contribution < -0.4 is 24.4 Å². The highest BCUT2D eigenvalue weighted by atomic mass is 16.5. The standard InChI is InChI=1S/C23H28N2O5/c1-3-28-21-15-19(25-8-11-27-12-9-25)22(29-4-2)14-18(21)24-23(26)17-5-6-20-16(13-17)7-10-30-20/h5-6,13-15H,3-4,7-12H2,1-2H3,(H,24,26). The van der Waals surface area contributed by atoms with Crippen LogP contribution in [0, 0.1) is 0 Å². The highest BCUT2D eigenvalue weighted by Crippen LogP contribution is 2.39. The number of amides is 1. The summed E-state index contributed by atoms with van der Waals surface area (Å²) in [5.74, 6) is 2.02. The van der Waals surface area contributed by atoms with Gasteiger partial charge in [-0.15, -0.1) is 0 Å². The first-order valence-electron chi connectivity index (χ1n) is 10.5. The molecule has 2 heterocycles. The summed E-state index contributed by atoms with van der Waals surface area (Å²) in [5.41, 5.74) is 3.21. The van der Waals surface area contributed by atoms with Gasteiger partial charge in [0, 0.05) is 37.2 Å². The van der Waals surface area contributed by atoms with Crippen molar-refractivity contribution in [2.45, 2.75) is 20.3 Å². The zero-order chi connectivity index (χ0) is 20.9. The summed E-state index contributed by atoms with van der Waals surface area (Å²) in [5, 5.41) is 3.00. The van der Waals surface area contributed by atoms with Gasteiger partial charge in [0.25, 0.3) is 5.91 Å². The van der Waals surface area contributed by atoms with Crippen molar-refractivity contribution in [3.8, 4) is 17.2 Å². The van der Waals surface area contributed by atoms with Gasteiger partial charge in [-0.3, -0.25) is 4.79 Å². The van der Waals surface area contributed by atoms with E-state index >= 15 is 0 Å². The fourth-order valence-electron chi connectivity index (χ4n) is 3.77. The van der Waals surface area contributed by atoms with Gasteiger partial charge in [-0.25, -0.2) is 0 Å². The van der Waals surface area contributed by atoms with Crippen molar-refractivity contribution in [1.29, 1.82) is 0 Å². The first kappa shape index (κ1) is 20.3. The molecule has 0 radical (unpaired) electrons. The molecule has 0 spiro atoms. The third-order valence-electron chi connectivity index (χ3n) is 5.21. The molecule has 0 bridgehead atoms. The molecule has 1 saturated heterocycles. The number of carbonyl (C=O) groups excluding carboxylic acids is 1. The van der Waals surface area contributed by atoms with E-state index in [9.17, 15) is 4.79 Å². The van der Waals surface area contributed by atoms with E-state index in [4.69, 9.17) is 18.9 Å². The van der Waals surface area contributed by atoms with Gasteiger partial charge in [-0.05, 0) is 37.6 Å². The topological polar surface area (TPSA) is 69.3 Å². The molecule has 1 amide bonds. The second-order valence-corrected chi connectivity index (χ2v) is 7.16. The Balaban J connectivity index is 1.63. The van der Waals surface area contributed by atoms with Crippen LogP contribution >= 0.6 is 0 Å². The first-order chi connectivity index (χ1) is 14.7. The van der Waals surface area contributed by atoms with Crippen molar-refractivity contribution in [2.24, 2.45) is 0 Å². The summed E-state index contributed by atoms with van der Waals surface area (Å²) >= 11 is 0. The molecule has 2 aliphatic heterocycles. The number of carbonyl (C=O) groups is 1. The normalized spacial score (nSPS) is 15.3. The third-order valence-corrected chi connectivity index (χ3v) is 5.21. The summed E-state index contributed by atoms with van der Waals surface area (Å²) in [6.07, 6.45) is 0.823. The van der Waals surface area contributed by atoms with Crippen LogP contribution in [-0.4, -0.2) is 52.0 Å². The molecule has 160 valence electrons. The van der Waals surface area contributed by atoms with Crippen molar-refractivity contribution in [1.82, 2.24) is 0 Å². The Morgan fingerprint density at radius 1 is 1.03 bits per heavy atom. The molecule has 0 aromatic heterocycles. The molecular formula is C23H28N2O5. The summed E-state index contributed by atoms with van der Waals surface area (Å²) in [7, 11) is 0. The molecule has 0 aliphatic carbocycles. The first-order valence-corrected chi connectivity index (χ1v) is 10.5. The highest BCUT2D eigenvalue weighted by Gasteiger charge is 2.21. The second-order valence-electron chi connectivity index (χ2n) is 7.16. The monoisotopic (exact) mass is 412 g/mol. The zero-order valence-corrected chi connectivity index (χ0v) is 17.5. The molecular weight excluding hydrogens is 384 g/mol. The molecule has 2 aromatic rings. The number of rotatable bonds is 7. The van der Waals surface area contributed by atoms with Gasteiger partial charge in [0.1, 0.15) is 17.2 Å². The maximum Gasteiger partial charge on any atom is 0.255 e. The van der Waals surface area contributed by atoms with E-state index in [0.717, 1.165) is 42.3 Å². The number of benzene rings is 2. The summed E-state index contributed by atoms with van der Waals surface area (Å²) in [6.45, 7) is 8.49. The SMILES string of the molecule is CCOc1cc(N2CCOCC2)c(OCC)cc1NC(=O)c1ccc2c(c1)CCO2. The lowest BCUT2D eigenvalue weighted by atomic mass is 10.1. The van der Waals surface area contributed by atoms with Gasteiger partial charge < -0.3 is 29.2 Å². The minimum absolute atomic E-state index is 0.188. The van der Waals surface area contributed by atoms with Crippen LogP contribution in [-0.2, 0) is 11.2 Å². The number of hydrogen-bond donors (Lipinski definition) is 1. The van der Waals surface area contributed by atoms with E-state index in [1.165, 1.54) is 0 Å². The smallest absolute Gasteiger partial charge is 0.255 e. The minimum Gasteiger partial charge on any atom is -0.493 e. The molecule has 7 heteroatoms. The molecule has 2 aromatic carbocycles. The molecule has 2 aliphatic rings. The van der Waals surface area contributed by atoms with Crippen LogP contribution in [0.5, 0.6) is 17.2 Å². The second kappa shape index (κ2) is 9.26. The highest BCUT2D eigenvalue weighted by molar-refractivity contribution is 6.05. The molecule has 0 atom stereocenters. The van der Waals surface area contributed by atoms with E-state index in [-0.39, 0.29) is 5.91 Å². The molecule has 4 rings (SSSR count). The predicted octanol–water partition coefficient (Wildman–Crippen LogP) is 3.51. The van der Waals surface area contributed by atoms with Crippen molar-refractivity contribution >= 4 is 17.3 Å². The van der Waals surface area contributed by atoms with Gasteiger partial charge in [0.05, 0.1) is 44.4 Å². The third kappa shape index (κ3) is 4.31. The van der Waals surface area contributed by atoms with Crippen molar-refractivity contribution in [3.63, 3.8) is 0 Å². The fourth-order valence-corrected chi connectivity index (χ4v) is 3.77. The number of morpholine rings is 1. The lowest BCUT2D eigenvalue weighted by molar-refractivity contribution is 0.102. The fraction of sp³-hybridized carbons (Fsp3) is 0.435. The molecule has 30 heavy (non-hydrogen) atoms. The molecule has 1 N–H and O–H groups in total. The number of nitrogens with zero attached hydrogens (tertiary/aromatic N) is 1. The summed E-state index contributed by atoms with van der Waals surface area (Å²) in [6, 6.07) is 9.34. The quantitative estimate of drug-likeness (QED) is 0.751. The van der Waals surface area contributed by atoms with E-state index in [0.29, 0.717) is 50.0 Å². The maximum absolute atomic E-state index is 13.0. The summed E-state index contributed by atoms with van der Waals surface area (Å²) in [4.78, 5) is 15.2. The van der Waals surface area contributed by atoms with Gasteiger partial charge >= 0.3 is 0 Å². The average molecular weight is 412 g/mol. The number of fused-ring (bicyclic) bond motifs is 1. The largest absolute Gasteiger partial charge is 0.493 e. The molecule has 0 unspecified atom stereocenters. The van der Waals surface area contributed by atoms with Crippen LogP contribution in [0.15, 0.2) is 30.3 Å². The van der Waals surface area contributed by atoms with Crippen LogP contribution in [0.2, 0.25) is 0 Å². The lowest BCUT2D eigenvalue weighted by Crippen LogP contribution is -2.36. The number of nitrogens with one attached hydrogen (secondary N) is 1. The van der Waals surface area contributed by atoms with E-state index in [1.54, 1.807) is 6.07 Å². The van der Waals surface area contributed by atoms with E-state index in [1.807, 2.05) is 38.1 Å². The van der Waals surface area contributed by atoms with Crippen molar-refractivity contribution in [3.05, 3.63) is 41.5 Å². The van der Waals surface area contributed by atoms with Crippen LogP contribution in [0.25, 0.3) is 0 Å². The Hall–Kier alpha value is -2.93. The Bertz CT molecular complexity index is 909. The van der Waals surface area contributed by atoms with Gasteiger partial charge in [-0.1, -0.05) is 0 Å². The maximum atomic E-state index is 13.0. The van der Waals surface area contributed by atoms with Gasteiger partial charge in [0.15, 0.2) is 0 Å². The minimum atomic E-state index is -0.188. The molecule has 7 nitrogen and oxygen atoms in total. The van der Waals surface area contributed by atoms with Gasteiger partial charge in [0.2, 0.25) is 0 Å². The van der Waals surface area contributed by atoms with Crippen LogP contribution in [0.1, 0.15) is 29.8 Å². The number of hydrogen-bond acceptors (Lipinski definition) is 6. The predicted molar refractivity (Wildman–Crippen MR) is 115 cm³/mol.